The fourth-order valence-corrected chi connectivity index (χ4v) is 2.74. The van der Waals surface area contributed by atoms with Crippen molar-refractivity contribution in [3.8, 4) is 5.75 Å². The van der Waals surface area contributed by atoms with E-state index in [0.29, 0.717) is 29.1 Å². The maximum Gasteiger partial charge on any atom is 0.261 e. The lowest BCUT2D eigenvalue weighted by atomic mass is 9.95. The van der Waals surface area contributed by atoms with Crippen LogP contribution in [0, 0.1) is 0 Å². The second-order valence-corrected chi connectivity index (χ2v) is 5.70. The van der Waals surface area contributed by atoms with E-state index in [0.717, 1.165) is 12.8 Å². The lowest BCUT2D eigenvalue weighted by molar-refractivity contribution is -0.114. The minimum absolute atomic E-state index is 0.312. The van der Waals surface area contributed by atoms with Gasteiger partial charge in [-0.1, -0.05) is 30.3 Å². The van der Waals surface area contributed by atoms with Crippen LogP contribution in [-0.4, -0.2) is 25.5 Å². The van der Waals surface area contributed by atoms with E-state index in [4.69, 9.17) is 9.47 Å². The van der Waals surface area contributed by atoms with Crippen LogP contribution in [0.15, 0.2) is 54.8 Å². The number of nitrogens with one attached hydrogen (secondary N) is 1. The van der Waals surface area contributed by atoms with Gasteiger partial charge >= 0.3 is 0 Å². The highest BCUT2D eigenvalue weighted by Gasteiger charge is 2.28. The molecule has 5 nitrogen and oxygen atoms in total. The van der Waals surface area contributed by atoms with Crippen molar-refractivity contribution in [3.63, 3.8) is 0 Å². The van der Waals surface area contributed by atoms with Gasteiger partial charge in [0.2, 0.25) is 0 Å². The first-order valence-electron chi connectivity index (χ1n) is 8.09. The number of hydrogen-bond acceptors (Lipinski definition) is 4. The number of amides is 2. The zero-order valence-electron chi connectivity index (χ0n) is 14.0. The molecule has 5 heteroatoms. The molecule has 2 amide bonds. The Morgan fingerprint density at radius 2 is 1.80 bits per heavy atom. The van der Waals surface area contributed by atoms with Crippen molar-refractivity contribution < 1.29 is 19.1 Å². The summed E-state index contributed by atoms with van der Waals surface area (Å²) in [4.78, 5) is 23.9. The Morgan fingerprint density at radius 1 is 1.00 bits per heavy atom. The van der Waals surface area contributed by atoms with Gasteiger partial charge < -0.3 is 9.47 Å². The van der Waals surface area contributed by atoms with Crippen molar-refractivity contribution >= 4 is 17.4 Å². The lowest BCUT2D eigenvalue weighted by Crippen LogP contribution is -2.36. The Bertz CT molecular complexity index is 812. The van der Waals surface area contributed by atoms with Crippen LogP contribution >= 0.6 is 0 Å². The van der Waals surface area contributed by atoms with Crippen molar-refractivity contribution in [2.45, 2.75) is 12.8 Å². The van der Waals surface area contributed by atoms with Gasteiger partial charge in [0.1, 0.15) is 5.75 Å². The highest BCUT2D eigenvalue weighted by atomic mass is 16.5. The van der Waals surface area contributed by atoms with E-state index in [1.165, 1.54) is 18.9 Å². The molecule has 1 aliphatic heterocycles. The topological polar surface area (TPSA) is 64.6 Å². The summed E-state index contributed by atoms with van der Waals surface area (Å²) in [6.07, 6.45) is 3.14. The standard InChI is InChI=1S/C20H19NO4/c1-24-13-18-17-12-15(9-10-16(17)19(22)21-20(18)23)25-11-5-8-14-6-3-2-4-7-14/h2-4,6-7,9-10,12-13H,5,8,11H2,1H3,(H,21,22,23)/b18-13-. The molecule has 0 unspecified atom stereocenters. The molecule has 0 bridgehead atoms. The highest BCUT2D eigenvalue weighted by Crippen LogP contribution is 2.28. The molecule has 25 heavy (non-hydrogen) atoms. The molecule has 1 heterocycles. The van der Waals surface area contributed by atoms with Crippen LogP contribution in [0.4, 0.5) is 0 Å². The molecule has 1 N–H and O–H groups in total. The van der Waals surface area contributed by atoms with Gasteiger partial charge in [-0.25, -0.2) is 0 Å². The van der Waals surface area contributed by atoms with E-state index in [2.05, 4.69) is 17.4 Å². The van der Waals surface area contributed by atoms with E-state index < -0.39 is 11.8 Å². The summed E-state index contributed by atoms with van der Waals surface area (Å²) in [5.41, 5.74) is 2.53. The van der Waals surface area contributed by atoms with Crippen LogP contribution in [0.2, 0.25) is 0 Å². The molecule has 2 aromatic rings. The number of methoxy groups -OCH3 is 1. The molecular formula is C20H19NO4. The van der Waals surface area contributed by atoms with Crippen molar-refractivity contribution in [1.29, 1.82) is 0 Å². The average Bonchev–Trinajstić information content (AvgIpc) is 2.63. The monoisotopic (exact) mass is 337 g/mol. The normalized spacial score (nSPS) is 14.8. The second-order valence-electron chi connectivity index (χ2n) is 5.70. The van der Waals surface area contributed by atoms with Crippen LogP contribution in [-0.2, 0) is 16.0 Å². The molecule has 0 aliphatic carbocycles. The SMILES string of the molecule is CO/C=C1\C(=O)NC(=O)c2ccc(OCCCc3ccccc3)cc21. The van der Waals surface area contributed by atoms with Crippen LogP contribution in [0.5, 0.6) is 5.75 Å². The van der Waals surface area contributed by atoms with Gasteiger partial charge in [-0.05, 0) is 36.6 Å². The van der Waals surface area contributed by atoms with E-state index >= 15 is 0 Å². The fraction of sp³-hybridized carbons (Fsp3) is 0.200. The Morgan fingerprint density at radius 3 is 2.56 bits per heavy atom. The van der Waals surface area contributed by atoms with Crippen LogP contribution in [0.1, 0.15) is 27.9 Å². The number of hydrogen-bond donors (Lipinski definition) is 1. The Hall–Kier alpha value is -3.08. The number of carbonyl (C=O) groups excluding carboxylic acids is 2. The van der Waals surface area contributed by atoms with E-state index in [1.807, 2.05) is 18.2 Å². The minimum Gasteiger partial charge on any atom is -0.504 e. The van der Waals surface area contributed by atoms with Crippen molar-refractivity contribution in [2.24, 2.45) is 0 Å². The molecule has 0 spiro atoms. The molecule has 0 atom stereocenters. The first-order chi connectivity index (χ1) is 12.2. The number of carbonyl (C=O) groups is 2. The van der Waals surface area contributed by atoms with Gasteiger partial charge in [-0.3, -0.25) is 14.9 Å². The first kappa shape index (κ1) is 16.8. The number of benzene rings is 2. The predicted octanol–water partition coefficient (Wildman–Crippen LogP) is 2.96. The fourth-order valence-electron chi connectivity index (χ4n) is 2.74. The summed E-state index contributed by atoms with van der Waals surface area (Å²) in [6.45, 7) is 0.553. The van der Waals surface area contributed by atoms with Gasteiger partial charge in [0.15, 0.2) is 0 Å². The summed E-state index contributed by atoms with van der Waals surface area (Å²) in [6, 6.07) is 15.3. The zero-order chi connectivity index (χ0) is 17.6. The van der Waals surface area contributed by atoms with Crippen molar-refractivity contribution in [3.05, 3.63) is 71.5 Å². The quantitative estimate of drug-likeness (QED) is 0.381. The van der Waals surface area contributed by atoms with Gasteiger partial charge in [-0.2, -0.15) is 0 Å². The third-order valence-electron chi connectivity index (χ3n) is 3.95. The summed E-state index contributed by atoms with van der Waals surface area (Å²) >= 11 is 0. The van der Waals surface area contributed by atoms with Crippen molar-refractivity contribution in [1.82, 2.24) is 5.32 Å². The van der Waals surface area contributed by atoms with Crippen LogP contribution in [0.3, 0.4) is 0 Å². The molecule has 0 saturated heterocycles. The van der Waals surface area contributed by atoms with Gasteiger partial charge in [-0.15, -0.1) is 0 Å². The first-order valence-corrected chi connectivity index (χ1v) is 8.09. The lowest BCUT2D eigenvalue weighted by Gasteiger charge is -2.19. The van der Waals surface area contributed by atoms with Gasteiger partial charge in [0, 0.05) is 11.1 Å². The Labute approximate surface area is 146 Å². The zero-order valence-corrected chi connectivity index (χ0v) is 14.0. The van der Waals surface area contributed by atoms with E-state index in [9.17, 15) is 9.59 Å². The second kappa shape index (κ2) is 7.66. The number of aryl methyl sites for hydroxylation is 1. The number of imide groups is 1. The number of rotatable bonds is 6. The van der Waals surface area contributed by atoms with Gasteiger partial charge in [0.05, 0.1) is 25.6 Å². The van der Waals surface area contributed by atoms with Crippen LogP contribution in [0.25, 0.3) is 5.57 Å². The third-order valence-corrected chi connectivity index (χ3v) is 3.95. The van der Waals surface area contributed by atoms with Crippen molar-refractivity contribution in [2.75, 3.05) is 13.7 Å². The summed E-state index contributed by atoms with van der Waals surface area (Å²) < 4.78 is 10.7. The molecule has 2 aromatic carbocycles. The van der Waals surface area contributed by atoms with E-state index in [-0.39, 0.29) is 0 Å². The largest absolute Gasteiger partial charge is 0.504 e. The number of fused-ring (bicyclic) bond motifs is 1. The smallest absolute Gasteiger partial charge is 0.261 e. The number of ether oxygens (including phenoxy) is 2. The maximum absolute atomic E-state index is 12.0. The molecule has 3 rings (SSSR count). The van der Waals surface area contributed by atoms with E-state index in [1.54, 1.807) is 18.2 Å². The Kier molecular flexibility index (Phi) is 5.14. The molecule has 128 valence electrons. The summed E-state index contributed by atoms with van der Waals surface area (Å²) in [5, 5.41) is 2.29. The predicted molar refractivity (Wildman–Crippen MR) is 94.2 cm³/mol. The van der Waals surface area contributed by atoms with Crippen LogP contribution < -0.4 is 10.1 Å². The Balaban J connectivity index is 1.68. The maximum atomic E-state index is 12.0. The summed E-state index contributed by atoms with van der Waals surface area (Å²) in [5.74, 6) is -0.263. The van der Waals surface area contributed by atoms with Gasteiger partial charge in [0.25, 0.3) is 11.8 Å². The molecule has 0 radical (unpaired) electrons. The third kappa shape index (κ3) is 3.88. The molecular weight excluding hydrogens is 318 g/mol. The molecule has 0 saturated carbocycles. The summed E-state index contributed by atoms with van der Waals surface area (Å²) in [7, 11) is 1.46. The minimum atomic E-state index is -0.472. The molecule has 0 aromatic heterocycles. The molecule has 1 aliphatic rings. The average molecular weight is 337 g/mol. The molecule has 0 fully saturated rings. The highest BCUT2D eigenvalue weighted by molar-refractivity contribution is 6.30.